The summed E-state index contributed by atoms with van der Waals surface area (Å²) in [6.07, 6.45) is -4.40. The van der Waals surface area contributed by atoms with Crippen molar-refractivity contribution in [3.8, 4) is 0 Å². The molecule has 0 aliphatic carbocycles. The highest BCUT2D eigenvalue weighted by Crippen LogP contribution is 2.29. The summed E-state index contributed by atoms with van der Waals surface area (Å²) >= 11 is 0. The van der Waals surface area contributed by atoms with E-state index >= 15 is 0 Å². The Morgan fingerprint density at radius 3 is 2.48 bits per heavy atom. The molecular formula is C18H15F3N2O2. The molecule has 0 unspecified atom stereocenters. The van der Waals surface area contributed by atoms with Crippen molar-refractivity contribution in [3.63, 3.8) is 0 Å². The van der Waals surface area contributed by atoms with Gasteiger partial charge in [0, 0.05) is 24.2 Å². The minimum Gasteiger partial charge on any atom is -0.347 e. The minimum atomic E-state index is -4.51. The number of benzene rings is 2. The van der Waals surface area contributed by atoms with Gasteiger partial charge >= 0.3 is 6.18 Å². The van der Waals surface area contributed by atoms with Gasteiger partial charge in [-0.05, 0) is 30.3 Å². The number of rotatable bonds is 3. The Morgan fingerprint density at radius 1 is 1.08 bits per heavy atom. The van der Waals surface area contributed by atoms with E-state index in [9.17, 15) is 22.8 Å². The zero-order valence-electron chi connectivity index (χ0n) is 13.1. The first-order chi connectivity index (χ1) is 11.8. The summed E-state index contributed by atoms with van der Waals surface area (Å²) in [5, 5.41) is 2.64. The Morgan fingerprint density at radius 2 is 1.80 bits per heavy atom. The van der Waals surface area contributed by atoms with Crippen LogP contribution in [0.5, 0.6) is 0 Å². The van der Waals surface area contributed by atoms with Crippen LogP contribution in [-0.4, -0.2) is 24.4 Å². The second-order valence-corrected chi connectivity index (χ2v) is 5.79. The maximum atomic E-state index is 12.7. The first-order valence-electron chi connectivity index (χ1n) is 7.68. The lowest BCUT2D eigenvalue weighted by Gasteiger charge is -2.17. The molecule has 0 aromatic heterocycles. The van der Waals surface area contributed by atoms with E-state index in [-0.39, 0.29) is 24.4 Å². The molecule has 0 bridgehead atoms. The lowest BCUT2D eigenvalue weighted by molar-refractivity contribution is -0.137. The molecule has 1 saturated heterocycles. The normalized spacial score (nSPS) is 17.6. The smallest absolute Gasteiger partial charge is 0.347 e. The highest BCUT2D eigenvalue weighted by Gasteiger charge is 2.33. The highest BCUT2D eigenvalue weighted by molar-refractivity contribution is 5.99. The van der Waals surface area contributed by atoms with Crippen LogP contribution in [0.4, 0.5) is 18.9 Å². The number of nitrogens with one attached hydrogen (secondary N) is 1. The first-order valence-corrected chi connectivity index (χ1v) is 7.68. The van der Waals surface area contributed by atoms with Crippen molar-refractivity contribution in [1.29, 1.82) is 0 Å². The zero-order valence-corrected chi connectivity index (χ0v) is 13.1. The van der Waals surface area contributed by atoms with E-state index in [1.54, 1.807) is 29.2 Å². The van der Waals surface area contributed by atoms with E-state index in [0.717, 1.165) is 17.8 Å². The van der Waals surface area contributed by atoms with Crippen LogP contribution in [0, 0.1) is 0 Å². The quantitative estimate of drug-likeness (QED) is 0.926. The van der Waals surface area contributed by atoms with Crippen LogP contribution in [0.25, 0.3) is 0 Å². The third kappa shape index (κ3) is 3.81. The SMILES string of the molecule is O=C(N[C@H]1CC(=O)N(c2ccccc2)C1)c1cccc(C(F)(F)F)c1. The summed E-state index contributed by atoms with van der Waals surface area (Å²) in [6.45, 7) is 0.285. The van der Waals surface area contributed by atoms with Crippen LogP contribution in [0.2, 0.25) is 0 Å². The summed E-state index contributed by atoms with van der Waals surface area (Å²) in [4.78, 5) is 25.9. The molecule has 1 N–H and O–H groups in total. The summed E-state index contributed by atoms with van der Waals surface area (Å²) < 4.78 is 38.2. The molecule has 0 radical (unpaired) electrons. The van der Waals surface area contributed by atoms with Crippen LogP contribution in [0.15, 0.2) is 54.6 Å². The van der Waals surface area contributed by atoms with Crippen molar-refractivity contribution in [3.05, 3.63) is 65.7 Å². The molecule has 7 heteroatoms. The first kappa shape index (κ1) is 17.0. The minimum absolute atomic E-state index is 0.0829. The average molecular weight is 348 g/mol. The van der Waals surface area contributed by atoms with Gasteiger partial charge in [0.25, 0.3) is 5.91 Å². The monoisotopic (exact) mass is 348 g/mol. The van der Waals surface area contributed by atoms with Gasteiger partial charge in [-0.3, -0.25) is 9.59 Å². The fourth-order valence-electron chi connectivity index (χ4n) is 2.77. The molecule has 130 valence electrons. The topological polar surface area (TPSA) is 49.4 Å². The number of hydrogen-bond acceptors (Lipinski definition) is 2. The number of alkyl halides is 3. The van der Waals surface area contributed by atoms with Gasteiger partial charge in [-0.1, -0.05) is 24.3 Å². The van der Waals surface area contributed by atoms with Crippen LogP contribution >= 0.6 is 0 Å². The fourth-order valence-corrected chi connectivity index (χ4v) is 2.77. The van der Waals surface area contributed by atoms with Crippen molar-refractivity contribution in [1.82, 2.24) is 5.32 Å². The van der Waals surface area contributed by atoms with Gasteiger partial charge in [0.2, 0.25) is 5.91 Å². The van der Waals surface area contributed by atoms with E-state index in [1.165, 1.54) is 12.1 Å². The van der Waals surface area contributed by atoms with E-state index in [2.05, 4.69) is 5.32 Å². The second kappa shape index (κ2) is 6.58. The molecule has 25 heavy (non-hydrogen) atoms. The Kier molecular flexibility index (Phi) is 4.48. The molecule has 2 amide bonds. The largest absolute Gasteiger partial charge is 0.416 e. The van der Waals surface area contributed by atoms with Crippen LogP contribution in [0.1, 0.15) is 22.3 Å². The van der Waals surface area contributed by atoms with Crippen molar-refractivity contribution in [2.75, 3.05) is 11.4 Å². The molecule has 1 aliphatic heterocycles. The van der Waals surface area contributed by atoms with Gasteiger partial charge < -0.3 is 10.2 Å². The molecule has 1 fully saturated rings. The van der Waals surface area contributed by atoms with Crippen molar-refractivity contribution < 1.29 is 22.8 Å². The molecular weight excluding hydrogens is 333 g/mol. The third-order valence-electron chi connectivity index (χ3n) is 3.98. The molecule has 1 atom stereocenters. The molecule has 1 heterocycles. The number of hydrogen-bond donors (Lipinski definition) is 1. The van der Waals surface area contributed by atoms with Gasteiger partial charge in [0.1, 0.15) is 0 Å². The summed E-state index contributed by atoms with van der Waals surface area (Å²) in [5.74, 6) is -0.764. The van der Waals surface area contributed by atoms with Gasteiger partial charge in [-0.25, -0.2) is 0 Å². The second-order valence-electron chi connectivity index (χ2n) is 5.79. The molecule has 4 nitrogen and oxygen atoms in total. The van der Waals surface area contributed by atoms with Gasteiger partial charge in [0.05, 0.1) is 11.6 Å². The fraction of sp³-hybridized carbons (Fsp3) is 0.222. The van der Waals surface area contributed by atoms with Crippen molar-refractivity contribution >= 4 is 17.5 Å². The van der Waals surface area contributed by atoms with Crippen molar-refractivity contribution in [2.45, 2.75) is 18.6 Å². The summed E-state index contributed by atoms with van der Waals surface area (Å²) in [7, 11) is 0. The number of anilines is 1. The van der Waals surface area contributed by atoms with Crippen LogP contribution in [-0.2, 0) is 11.0 Å². The lowest BCUT2D eigenvalue weighted by Crippen LogP contribution is -2.37. The highest BCUT2D eigenvalue weighted by atomic mass is 19.4. The van der Waals surface area contributed by atoms with E-state index < -0.39 is 23.7 Å². The number of halogens is 3. The summed E-state index contributed by atoms with van der Waals surface area (Å²) in [6, 6.07) is 12.8. The molecule has 1 aliphatic rings. The molecule has 2 aromatic carbocycles. The predicted octanol–water partition coefficient (Wildman–Crippen LogP) is 3.24. The zero-order chi connectivity index (χ0) is 18.0. The van der Waals surface area contributed by atoms with Gasteiger partial charge in [-0.2, -0.15) is 13.2 Å². The van der Waals surface area contributed by atoms with E-state index in [1.807, 2.05) is 6.07 Å². The maximum absolute atomic E-state index is 12.7. The molecule has 0 spiro atoms. The number of nitrogens with zero attached hydrogens (tertiary/aromatic N) is 1. The van der Waals surface area contributed by atoms with Gasteiger partial charge in [0.15, 0.2) is 0 Å². The lowest BCUT2D eigenvalue weighted by atomic mass is 10.1. The van der Waals surface area contributed by atoms with E-state index in [4.69, 9.17) is 0 Å². The average Bonchev–Trinajstić information content (AvgIpc) is 2.95. The van der Waals surface area contributed by atoms with Crippen molar-refractivity contribution in [2.24, 2.45) is 0 Å². The predicted molar refractivity (Wildman–Crippen MR) is 86.1 cm³/mol. The Bertz CT molecular complexity index is 790. The molecule has 2 aromatic rings. The molecule has 3 rings (SSSR count). The number of carbonyl (C=O) groups excluding carboxylic acids is 2. The number of carbonyl (C=O) groups is 2. The standard InChI is InChI=1S/C18H15F3N2O2/c19-18(20,21)13-6-4-5-12(9-13)17(25)22-14-10-16(24)23(11-14)15-7-2-1-3-8-15/h1-9,14H,10-11H2,(H,22,25)/t14-/m0/s1. The maximum Gasteiger partial charge on any atom is 0.416 e. The Balaban J connectivity index is 1.69. The Labute approximate surface area is 142 Å². The number of para-hydroxylation sites is 1. The third-order valence-corrected chi connectivity index (χ3v) is 3.98. The van der Waals surface area contributed by atoms with Crippen LogP contribution < -0.4 is 10.2 Å². The molecule has 0 saturated carbocycles. The van der Waals surface area contributed by atoms with E-state index in [0.29, 0.717) is 0 Å². The van der Waals surface area contributed by atoms with Crippen LogP contribution in [0.3, 0.4) is 0 Å². The summed E-state index contributed by atoms with van der Waals surface area (Å²) in [5.41, 5.74) is -0.239. The number of amides is 2. The van der Waals surface area contributed by atoms with Gasteiger partial charge in [-0.15, -0.1) is 0 Å². The Hall–Kier alpha value is -2.83.